The second-order valence-corrected chi connectivity index (χ2v) is 5.79. The number of halogens is 1. The van der Waals surface area contributed by atoms with Gasteiger partial charge in [0.25, 0.3) is 0 Å². The molecule has 3 N–H and O–H groups in total. The molecule has 5 nitrogen and oxygen atoms in total. The molecule has 2 aromatic rings. The quantitative estimate of drug-likeness (QED) is 0.656. The van der Waals surface area contributed by atoms with E-state index >= 15 is 0 Å². The van der Waals surface area contributed by atoms with Crippen LogP contribution >= 0.6 is 22.9 Å². The molecular weight excluding hydrogens is 282 g/mol. The third-order valence-corrected chi connectivity index (χ3v) is 4.08. The van der Waals surface area contributed by atoms with Crippen LogP contribution in [0.5, 0.6) is 0 Å². The van der Waals surface area contributed by atoms with E-state index in [-0.39, 0.29) is 6.04 Å². The second-order valence-electron chi connectivity index (χ2n) is 4.29. The Morgan fingerprint density at radius 3 is 2.63 bits per heavy atom. The van der Waals surface area contributed by atoms with E-state index in [0.29, 0.717) is 5.13 Å². The molecule has 0 aliphatic heterocycles. The van der Waals surface area contributed by atoms with E-state index < -0.39 is 0 Å². The van der Waals surface area contributed by atoms with Crippen LogP contribution in [0.25, 0.3) is 0 Å². The summed E-state index contributed by atoms with van der Waals surface area (Å²) in [5.41, 5.74) is 3.72. The van der Waals surface area contributed by atoms with Crippen molar-refractivity contribution >= 4 is 28.1 Å². The topological polar surface area (TPSA) is 67.1 Å². The van der Waals surface area contributed by atoms with E-state index in [1.165, 1.54) is 16.9 Å². The Balaban J connectivity index is 2.02. The highest BCUT2D eigenvalue weighted by Crippen LogP contribution is 2.23. The van der Waals surface area contributed by atoms with E-state index in [0.717, 1.165) is 16.6 Å². The van der Waals surface area contributed by atoms with Gasteiger partial charge in [0.15, 0.2) is 0 Å². The molecule has 19 heavy (non-hydrogen) atoms. The highest BCUT2D eigenvalue weighted by Gasteiger charge is 2.14. The number of nitrogens with one attached hydrogen (secondary N) is 1. The molecule has 0 bridgehead atoms. The van der Waals surface area contributed by atoms with E-state index in [4.69, 9.17) is 17.4 Å². The normalized spacial score (nSPS) is 12.7. The van der Waals surface area contributed by atoms with Gasteiger partial charge >= 0.3 is 0 Å². The summed E-state index contributed by atoms with van der Waals surface area (Å²) in [6.45, 7) is 2.87. The maximum atomic E-state index is 5.90. The molecule has 2 rings (SSSR count). The van der Waals surface area contributed by atoms with Gasteiger partial charge in [0.05, 0.1) is 6.54 Å². The Labute approximate surface area is 121 Å². The summed E-state index contributed by atoms with van der Waals surface area (Å²) >= 11 is 7.35. The van der Waals surface area contributed by atoms with Crippen molar-refractivity contribution in [3.05, 3.63) is 39.9 Å². The van der Waals surface area contributed by atoms with Gasteiger partial charge in [-0.1, -0.05) is 35.1 Å². The maximum Gasteiger partial charge on any atom is 0.219 e. The van der Waals surface area contributed by atoms with Crippen molar-refractivity contribution in [2.24, 2.45) is 5.84 Å². The molecule has 1 aromatic carbocycles. The third-order valence-electron chi connectivity index (χ3n) is 2.99. The number of nitrogens with zero attached hydrogens (tertiary/aromatic N) is 3. The summed E-state index contributed by atoms with van der Waals surface area (Å²) < 4.78 is 0. The number of anilines is 1. The largest absolute Gasteiger partial charge is 0.298 e. The summed E-state index contributed by atoms with van der Waals surface area (Å²) in [5, 5.41) is 10.3. The van der Waals surface area contributed by atoms with Gasteiger partial charge < -0.3 is 0 Å². The van der Waals surface area contributed by atoms with Crippen molar-refractivity contribution in [2.45, 2.75) is 19.5 Å². The Hall–Kier alpha value is -1.21. The van der Waals surface area contributed by atoms with Crippen LogP contribution < -0.4 is 11.3 Å². The van der Waals surface area contributed by atoms with Crippen LogP contribution in [0.1, 0.15) is 23.5 Å². The fraction of sp³-hybridized carbons (Fsp3) is 0.333. The molecule has 1 atom stereocenters. The van der Waals surface area contributed by atoms with Gasteiger partial charge in [-0.25, -0.2) is 5.84 Å². The number of rotatable bonds is 5. The fourth-order valence-corrected chi connectivity index (χ4v) is 2.56. The molecule has 0 fully saturated rings. The predicted octanol–water partition coefficient (Wildman–Crippen LogP) is 2.67. The lowest BCUT2D eigenvalue weighted by atomic mass is 10.1. The summed E-state index contributed by atoms with van der Waals surface area (Å²) in [6, 6.07) is 8.16. The predicted molar refractivity (Wildman–Crippen MR) is 79.1 cm³/mol. The zero-order chi connectivity index (χ0) is 13.8. The summed E-state index contributed by atoms with van der Waals surface area (Å²) in [5.74, 6) is 5.29. The molecule has 102 valence electrons. The highest BCUT2D eigenvalue weighted by molar-refractivity contribution is 7.15. The van der Waals surface area contributed by atoms with Gasteiger partial charge in [0.2, 0.25) is 5.13 Å². The van der Waals surface area contributed by atoms with Crippen LogP contribution in [0.2, 0.25) is 5.02 Å². The SMILES string of the molecule is CC(c1ccc(Cl)cc1)N(C)Cc1nnc(NN)s1. The van der Waals surface area contributed by atoms with Gasteiger partial charge in [-0.3, -0.25) is 10.3 Å². The first kappa shape index (κ1) is 14.2. The summed E-state index contributed by atoms with van der Waals surface area (Å²) in [4.78, 5) is 2.20. The Bertz CT molecular complexity index is 527. The Kier molecular flexibility index (Phi) is 4.71. The maximum absolute atomic E-state index is 5.90. The van der Waals surface area contributed by atoms with Gasteiger partial charge in [0, 0.05) is 11.1 Å². The molecule has 7 heteroatoms. The molecule has 0 amide bonds. The van der Waals surface area contributed by atoms with Crippen molar-refractivity contribution in [3.8, 4) is 0 Å². The van der Waals surface area contributed by atoms with Crippen molar-refractivity contribution in [1.82, 2.24) is 15.1 Å². The van der Waals surface area contributed by atoms with E-state index in [1.54, 1.807) is 0 Å². The molecule has 0 aliphatic rings. The molecular formula is C12H16ClN5S. The molecule has 0 spiro atoms. The first-order chi connectivity index (χ1) is 9.10. The van der Waals surface area contributed by atoms with Crippen LogP contribution in [0.15, 0.2) is 24.3 Å². The van der Waals surface area contributed by atoms with E-state index in [9.17, 15) is 0 Å². The van der Waals surface area contributed by atoms with Gasteiger partial charge in [-0.15, -0.1) is 10.2 Å². The van der Waals surface area contributed by atoms with E-state index in [2.05, 4.69) is 34.5 Å². The number of nitrogen functional groups attached to an aromatic ring is 1. The summed E-state index contributed by atoms with van der Waals surface area (Å²) in [6.07, 6.45) is 0. The van der Waals surface area contributed by atoms with Gasteiger partial charge in [0.1, 0.15) is 5.01 Å². The van der Waals surface area contributed by atoms with E-state index in [1.807, 2.05) is 24.3 Å². The van der Waals surface area contributed by atoms with Crippen molar-refractivity contribution < 1.29 is 0 Å². The fourth-order valence-electron chi connectivity index (χ4n) is 1.72. The van der Waals surface area contributed by atoms with Crippen LogP contribution in [0, 0.1) is 0 Å². The Morgan fingerprint density at radius 1 is 1.37 bits per heavy atom. The third kappa shape index (κ3) is 3.63. The number of nitrogens with two attached hydrogens (primary N) is 1. The zero-order valence-electron chi connectivity index (χ0n) is 10.8. The number of aromatic nitrogens is 2. The average molecular weight is 298 g/mol. The van der Waals surface area contributed by atoms with Gasteiger partial charge in [-0.2, -0.15) is 0 Å². The molecule has 0 aliphatic carbocycles. The lowest BCUT2D eigenvalue weighted by Crippen LogP contribution is -2.21. The smallest absolute Gasteiger partial charge is 0.219 e. The van der Waals surface area contributed by atoms with Crippen LogP contribution in [-0.2, 0) is 6.54 Å². The second kappa shape index (κ2) is 6.29. The van der Waals surface area contributed by atoms with Crippen molar-refractivity contribution in [1.29, 1.82) is 0 Å². The number of benzene rings is 1. The minimum Gasteiger partial charge on any atom is -0.298 e. The van der Waals surface area contributed by atoms with Crippen LogP contribution in [0.4, 0.5) is 5.13 Å². The standard InChI is InChI=1S/C12H16ClN5S/c1-8(9-3-5-10(13)6-4-9)18(2)7-11-16-17-12(15-14)19-11/h3-6,8H,7,14H2,1-2H3,(H,15,17). The molecule has 1 aromatic heterocycles. The van der Waals surface area contributed by atoms with Crippen molar-refractivity contribution in [3.63, 3.8) is 0 Å². The molecule has 0 saturated heterocycles. The van der Waals surface area contributed by atoms with Gasteiger partial charge in [-0.05, 0) is 31.7 Å². The molecule has 1 heterocycles. The summed E-state index contributed by atoms with van der Waals surface area (Å²) in [7, 11) is 2.05. The number of hydrogen-bond donors (Lipinski definition) is 2. The lowest BCUT2D eigenvalue weighted by molar-refractivity contribution is 0.252. The number of hydrazine groups is 1. The van der Waals surface area contributed by atoms with Crippen LogP contribution in [0.3, 0.4) is 0 Å². The first-order valence-electron chi connectivity index (χ1n) is 5.85. The minimum atomic E-state index is 0.274. The highest BCUT2D eigenvalue weighted by atomic mass is 35.5. The molecule has 0 saturated carbocycles. The minimum absolute atomic E-state index is 0.274. The van der Waals surface area contributed by atoms with Crippen LogP contribution in [-0.4, -0.2) is 22.1 Å². The molecule has 0 radical (unpaired) electrons. The molecule has 1 unspecified atom stereocenters. The van der Waals surface area contributed by atoms with Crippen molar-refractivity contribution in [2.75, 3.05) is 12.5 Å². The lowest BCUT2D eigenvalue weighted by Gasteiger charge is -2.23. The monoisotopic (exact) mass is 297 g/mol. The number of hydrogen-bond acceptors (Lipinski definition) is 6. The first-order valence-corrected chi connectivity index (χ1v) is 7.04. The zero-order valence-corrected chi connectivity index (χ0v) is 12.4. The Morgan fingerprint density at radius 2 is 2.05 bits per heavy atom. The average Bonchev–Trinajstić information content (AvgIpc) is 2.86.